The number of carbonyl (C=O) groups is 1. The quantitative estimate of drug-likeness (QED) is 0.777. The molecule has 6 heteroatoms. The molecule has 0 aliphatic carbocycles. The number of halogens is 1. The number of hydrogen-bond acceptors (Lipinski definition) is 3. The lowest BCUT2D eigenvalue weighted by molar-refractivity contribution is -0.0346. The van der Waals surface area contributed by atoms with Crippen LogP contribution in [0, 0.1) is 5.82 Å². The molecular formula is C24H32FN3O2. The molecule has 2 aromatic carbocycles. The summed E-state index contributed by atoms with van der Waals surface area (Å²) in [4.78, 5) is 15.5. The van der Waals surface area contributed by atoms with E-state index in [9.17, 15) is 14.3 Å². The second kappa shape index (κ2) is 9.58. The number of β-amino-alcohol motifs (C(OH)–C–C–N with tert-alkyl or cyclic N) is 1. The summed E-state index contributed by atoms with van der Waals surface area (Å²) in [7, 11) is 0. The minimum Gasteiger partial charge on any atom is -0.390 e. The Morgan fingerprint density at radius 2 is 1.60 bits per heavy atom. The maximum atomic E-state index is 13.7. The average Bonchev–Trinajstić information content (AvgIpc) is 2.78. The van der Waals surface area contributed by atoms with Crippen molar-refractivity contribution in [2.45, 2.75) is 64.9 Å². The lowest BCUT2D eigenvalue weighted by Crippen LogP contribution is -2.56. The fourth-order valence-corrected chi connectivity index (χ4v) is 4.17. The van der Waals surface area contributed by atoms with E-state index in [1.165, 1.54) is 12.1 Å². The van der Waals surface area contributed by atoms with Crippen molar-refractivity contribution < 1.29 is 14.3 Å². The van der Waals surface area contributed by atoms with Crippen LogP contribution in [0.4, 0.5) is 9.18 Å². The third kappa shape index (κ3) is 4.99. The molecule has 3 rings (SSSR count). The smallest absolute Gasteiger partial charge is 0.335 e. The van der Waals surface area contributed by atoms with E-state index >= 15 is 0 Å². The predicted molar refractivity (Wildman–Crippen MR) is 116 cm³/mol. The molecule has 1 N–H and O–H groups in total. The Bertz CT molecular complexity index is 826. The van der Waals surface area contributed by atoms with Crippen LogP contribution in [-0.4, -0.2) is 56.8 Å². The molecule has 0 saturated carbocycles. The molecule has 1 fully saturated rings. The van der Waals surface area contributed by atoms with Crippen molar-refractivity contribution >= 4 is 6.03 Å². The van der Waals surface area contributed by atoms with Gasteiger partial charge in [0.25, 0.3) is 0 Å². The summed E-state index contributed by atoms with van der Waals surface area (Å²) in [6.45, 7) is 8.65. The maximum Gasteiger partial charge on any atom is 0.335 e. The van der Waals surface area contributed by atoms with Gasteiger partial charge < -0.3 is 10.0 Å². The highest BCUT2D eigenvalue weighted by atomic mass is 19.1. The summed E-state index contributed by atoms with van der Waals surface area (Å²) in [5, 5.41) is 14.8. The maximum absolute atomic E-state index is 13.7. The average molecular weight is 414 g/mol. The van der Waals surface area contributed by atoms with Gasteiger partial charge in [-0.25, -0.2) is 14.2 Å². The molecule has 162 valence electrons. The third-order valence-electron chi connectivity index (χ3n) is 5.53. The Balaban J connectivity index is 1.94. The Hall–Kier alpha value is -2.44. The Kier molecular flexibility index (Phi) is 7.10. The van der Waals surface area contributed by atoms with E-state index in [1.807, 2.05) is 67.9 Å². The van der Waals surface area contributed by atoms with E-state index < -0.39 is 6.10 Å². The van der Waals surface area contributed by atoms with Crippen molar-refractivity contribution in [1.29, 1.82) is 0 Å². The Labute approximate surface area is 178 Å². The molecule has 1 saturated heterocycles. The predicted octanol–water partition coefficient (Wildman–Crippen LogP) is 4.07. The largest absolute Gasteiger partial charge is 0.390 e. The standard InChI is InChI=1S/C24H32FN3O2/c1-17(2)27-22(14-19-8-6-5-7-9-19)23(29)16-26(28(18(3)4)24(27)30)15-20-10-12-21(25)13-11-20/h5-13,17-18,22-23,29H,14-16H2,1-4H3/t22-,23-/m0/s1. The molecular weight excluding hydrogens is 381 g/mol. The van der Waals surface area contributed by atoms with Gasteiger partial charge in [0.05, 0.1) is 12.1 Å². The third-order valence-corrected chi connectivity index (χ3v) is 5.53. The SMILES string of the molecule is CC(C)N1C(=O)N(C(C)C)N(Cc2ccc(F)cc2)C[C@H](O)[C@@H]1Cc1ccccc1. The molecule has 5 nitrogen and oxygen atoms in total. The molecule has 30 heavy (non-hydrogen) atoms. The first-order valence-corrected chi connectivity index (χ1v) is 10.6. The van der Waals surface area contributed by atoms with Crippen molar-refractivity contribution in [2.75, 3.05) is 6.54 Å². The van der Waals surface area contributed by atoms with Crippen LogP contribution in [0.1, 0.15) is 38.8 Å². The van der Waals surface area contributed by atoms with Crippen LogP contribution in [0.3, 0.4) is 0 Å². The molecule has 1 aliphatic heterocycles. The first kappa shape index (κ1) is 22.2. The van der Waals surface area contributed by atoms with Gasteiger partial charge in [0.15, 0.2) is 0 Å². The highest BCUT2D eigenvalue weighted by molar-refractivity contribution is 5.75. The first-order chi connectivity index (χ1) is 14.3. The number of hydrogen-bond donors (Lipinski definition) is 1. The lowest BCUT2D eigenvalue weighted by Gasteiger charge is -2.40. The summed E-state index contributed by atoms with van der Waals surface area (Å²) < 4.78 is 13.3. The van der Waals surface area contributed by atoms with E-state index in [-0.39, 0.29) is 30.0 Å². The second-order valence-electron chi connectivity index (χ2n) is 8.52. The molecule has 0 radical (unpaired) electrons. The monoisotopic (exact) mass is 413 g/mol. The number of nitrogens with zero attached hydrogens (tertiary/aromatic N) is 3. The van der Waals surface area contributed by atoms with Crippen LogP contribution < -0.4 is 0 Å². The number of benzene rings is 2. The van der Waals surface area contributed by atoms with Crippen molar-refractivity contribution in [2.24, 2.45) is 0 Å². The van der Waals surface area contributed by atoms with Crippen molar-refractivity contribution in [3.63, 3.8) is 0 Å². The number of aliphatic hydroxyl groups excluding tert-OH is 1. The fraction of sp³-hybridized carbons (Fsp3) is 0.458. The number of amides is 2. The van der Waals surface area contributed by atoms with Gasteiger partial charge in [0.1, 0.15) is 5.82 Å². The molecule has 0 bridgehead atoms. The van der Waals surface area contributed by atoms with E-state index in [0.717, 1.165) is 11.1 Å². The fourth-order valence-electron chi connectivity index (χ4n) is 4.17. The van der Waals surface area contributed by atoms with E-state index in [4.69, 9.17) is 0 Å². The molecule has 1 aliphatic rings. The zero-order valence-electron chi connectivity index (χ0n) is 18.2. The summed E-state index contributed by atoms with van der Waals surface area (Å²) in [5.41, 5.74) is 1.97. The number of aliphatic hydroxyl groups is 1. The van der Waals surface area contributed by atoms with Gasteiger partial charge in [-0.1, -0.05) is 42.5 Å². The Morgan fingerprint density at radius 1 is 0.967 bits per heavy atom. The summed E-state index contributed by atoms with van der Waals surface area (Å²) in [6.07, 6.45) is -0.136. The zero-order valence-corrected chi connectivity index (χ0v) is 18.2. The van der Waals surface area contributed by atoms with Crippen molar-refractivity contribution in [3.8, 4) is 0 Å². The molecule has 2 amide bonds. The zero-order chi connectivity index (χ0) is 21.8. The van der Waals surface area contributed by atoms with Crippen LogP contribution in [0.2, 0.25) is 0 Å². The van der Waals surface area contributed by atoms with Crippen LogP contribution in [0.15, 0.2) is 54.6 Å². The number of rotatable bonds is 6. The van der Waals surface area contributed by atoms with Gasteiger partial charge in [-0.3, -0.25) is 5.01 Å². The van der Waals surface area contributed by atoms with Gasteiger partial charge in [-0.05, 0) is 57.4 Å². The van der Waals surface area contributed by atoms with E-state index in [0.29, 0.717) is 19.5 Å². The van der Waals surface area contributed by atoms with Crippen molar-refractivity contribution in [1.82, 2.24) is 14.9 Å². The molecule has 0 aromatic heterocycles. The highest BCUT2D eigenvalue weighted by Crippen LogP contribution is 2.26. The lowest BCUT2D eigenvalue weighted by atomic mass is 9.98. The van der Waals surface area contributed by atoms with Crippen LogP contribution in [0.25, 0.3) is 0 Å². The van der Waals surface area contributed by atoms with Gasteiger partial charge in [-0.15, -0.1) is 0 Å². The van der Waals surface area contributed by atoms with Crippen LogP contribution in [0.5, 0.6) is 0 Å². The van der Waals surface area contributed by atoms with Crippen LogP contribution >= 0.6 is 0 Å². The normalized spacial score (nSPS) is 20.9. The molecule has 0 unspecified atom stereocenters. The van der Waals surface area contributed by atoms with Gasteiger partial charge in [-0.2, -0.15) is 0 Å². The van der Waals surface area contributed by atoms with E-state index in [2.05, 4.69) is 0 Å². The van der Waals surface area contributed by atoms with Gasteiger partial charge in [0.2, 0.25) is 0 Å². The first-order valence-electron chi connectivity index (χ1n) is 10.6. The van der Waals surface area contributed by atoms with Crippen LogP contribution in [-0.2, 0) is 13.0 Å². The molecule has 2 atom stereocenters. The second-order valence-corrected chi connectivity index (χ2v) is 8.52. The number of hydrazine groups is 1. The summed E-state index contributed by atoms with van der Waals surface area (Å²) in [6, 6.07) is 15.6. The minimum absolute atomic E-state index is 0.0621. The molecule has 1 heterocycles. The number of carbonyl (C=O) groups excluding carboxylic acids is 1. The molecule has 0 spiro atoms. The Morgan fingerprint density at radius 3 is 2.17 bits per heavy atom. The molecule has 2 aromatic rings. The van der Waals surface area contributed by atoms with E-state index in [1.54, 1.807) is 17.1 Å². The summed E-state index contributed by atoms with van der Waals surface area (Å²) in [5.74, 6) is -0.291. The van der Waals surface area contributed by atoms with Crippen molar-refractivity contribution in [3.05, 3.63) is 71.5 Å². The minimum atomic E-state index is -0.722. The summed E-state index contributed by atoms with van der Waals surface area (Å²) >= 11 is 0. The van der Waals surface area contributed by atoms with Gasteiger partial charge in [0, 0.05) is 25.2 Å². The highest BCUT2D eigenvalue weighted by Gasteiger charge is 2.42. The number of urea groups is 1. The topological polar surface area (TPSA) is 47.0 Å². The van der Waals surface area contributed by atoms with Gasteiger partial charge >= 0.3 is 6.03 Å².